The van der Waals surface area contributed by atoms with Gasteiger partial charge < -0.3 is 5.11 Å². The summed E-state index contributed by atoms with van der Waals surface area (Å²) in [6, 6.07) is 2.01. The smallest absolute Gasteiger partial charge is 0.303 e. The molecule has 2 heterocycles. The molecule has 6 heteroatoms. The highest BCUT2D eigenvalue weighted by atomic mass is 35.5. The van der Waals surface area contributed by atoms with Crippen LogP contribution in [0.2, 0.25) is 5.15 Å². The van der Waals surface area contributed by atoms with Crippen molar-refractivity contribution in [1.82, 2.24) is 9.97 Å². The van der Waals surface area contributed by atoms with Crippen molar-refractivity contribution in [2.75, 3.05) is 0 Å². The number of thiophene rings is 1. The third-order valence-corrected chi connectivity index (χ3v) is 4.29. The third kappa shape index (κ3) is 4.15. The van der Waals surface area contributed by atoms with E-state index in [2.05, 4.69) is 9.97 Å². The number of carboxylic acid groups (broad SMARTS) is 1. The van der Waals surface area contributed by atoms with Gasteiger partial charge in [0.2, 0.25) is 0 Å². The molecule has 0 aliphatic heterocycles. The summed E-state index contributed by atoms with van der Waals surface area (Å²) in [7, 11) is 0. The molecule has 0 aliphatic rings. The second kappa shape index (κ2) is 6.99. The minimum Gasteiger partial charge on any atom is -0.481 e. The standard InChI is InChI=1S/C14H17ClN2O2S/c1-9-8-10-13(15)16-11(17-14(10)20-9)6-4-2-3-5-7-12(18)19/h8H,2-7H2,1H3,(H,18,19). The van der Waals surface area contributed by atoms with Gasteiger partial charge in [-0.3, -0.25) is 4.79 Å². The molecule has 2 aromatic rings. The van der Waals surface area contributed by atoms with Crippen LogP contribution in [0.25, 0.3) is 10.2 Å². The second-order valence-electron chi connectivity index (χ2n) is 4.81. The first kappa shape index (κ1) is 15.2. The van der Waals surface area contributed by atoms with Crippen LogP contribution in [-0.2, 0) is 11.2 Å². The van der Waals surface area contributed by atoms with Gasteiger partial charge in [0, 0.05) is 23.1 Å². The van der Waals surface area contributed by atoms with Crippen LogP contribution in [0.15, 0.2) is 6.07 Å². The first-order valence-corrected chi connectivity index (χ1v) is 7.90. The van der Waals surface area contributed by atoms with Crippen molar-refractivity contribution < 1.29 is 9.90 Å². The molecule has 0 radical (unpaired) electrons. The van der Waals surface area contributed by atoms with E-state index in [1.807, 2.05) is 13.0 Å². The van der Waals surface area contributed by atoms with E-state index in [0.717, 1.165) is 48.1 Å². The zero-order valence-corrected chi connectivity index (χ0v) is 12.9. The van der Waals surface area contributed by atoms with Gasteiger partial charge in [-0.1, -0.05) is 24.4 Å². The van der Waals surface area contributed by atoms with Gasteiger partial charge in [-0.25, -0.2) is 9.97 Å². The van der Waals surface area contributed by atoms with Crippen molar-refractivity contribution in [1.29, 1.82) is 0 Å². The Labute approximate surface area is 126 Å². The van der Waals surface area contributed by atoms with E-state index in [9.17, 15) is 4.79 Å². The van der Waals surface area contributed by atoms with Gasteiger partial charge in [-0.05, 0) is 25.8 Å². The molecule has 2 aromatic heterocycles. The van der Waals surface area contributed by atoms with Crippen LogP contribution >= 0.6 is 22.9 Å². The van der Waals surface area contributed by atoms with Gasteiger partial charge in [0.15, 0.2) is 0 Å². The Kier molecular flexibility index (Phi) is 5.31. The summed E-state index contributed by atoms with van der Waals surface area (Å²) >= 11 is 7.79. The molecule has 20 heavy (non-hydrogen) atoms. The maximum Gasteiger partial charge on any atom is 0.303 e. The topological polar surface area (TPSA) is 63.1 Å². The molecule has 0 amide bonds. The zero-order valence-electron chi connectivity index (χ0n) is 11.4. The Morgan fingerprint density at radius 1 is 1.30 bits per heavy atom. The van der Waals surface area contributed by atoms with Crippen LogP contribution in [-0.4, -0.2) is 21.0 Å². The number of halogens is 1. The van der Waals surface area contributed by atoms with E-state index < -0.39 is 5.97 Å². The highest BCUT2D eigenvalue weighted by Gasteiger charge is 2.08. The van der Waals surface area contributed by atoms with Gasteiger partial charge in [0.05, 0.1) is 0 Å². The van der Waals surface area contributed by atoms with E-state index in [4.69, 9.17) is 16.7 Å². The van der Waals surface area contributed by atoms with Crippen LogP contribution in [0.3, 0.4) is 0 Å². The molecular formula is C14H17ClN2O2S. The number of carbonyl (C=O) groups is 1. The van der Waals surface area contributed by atoms with Crippen molar-refractivity contribution in [3.63, 3.8) is 0 Å². The number of rotatable bonds is 7. The summed E-state index contributed by atoms with van der Waals surface area (Å²) in [6.45, 7) is 2.03. The molecule has 0 saturated heterocycles. The Morgan fingerprint density at radius 2 is 2.05 bits per heavy atom. The first-order chi connectivity index (χ1) is 9.56. The molecule has 108 valence electrons. The number of nitrogens with zero attached hydrogens (tertiary/aromatic N) is 2. The van der Waals surface area contributed by atoms with E-state index in [0.29, 0.717) is 5.15 Å². The van der Waals surface area contributed by atoms with Crippen molar-refractivity contribution >= 4 is 39.1 Å². The molecule has 0 saturated carbocycles. The van der Waals surface area contributed by atoms with E-state index in [-0.39, 0.29) is 6.42 Å². The largest absolute Gasteiger partial charge is 0.481 e. The number of carboxylic acids is 1. The van der Waals surface area contributed by atoms with Crippen LogP contribution in [0.4, 0.5) is 0 Å². The Bertz CT molecular complexity index is 612. The predicted molar refractivity (Wildman–Crippen MR) is 81.6 cm³/mol. The molecule has 0 bridgehead atoms. The summed E-state index contributed by atoms with van der Waals surface area (Å²) in [5, 5.41) is 10.0. The monoisotopic (exact) mass is 312 g/mol. The van der Waals surface area contributed by atoms with Gasteiger partial charge in [0.25, 0.3) is 0 Å². The van der Waals surface area contributed by atoms with Gasteiger partial charge in [-0.2, -0.15) is 0 Å². The Balaban J connectivity index is 1.85. The number of hydrogen-bond donors (Lipinski definition) is 1. The van der Waals surface area contributed by atoms with Crippen LogP contribution < -0.4 is 0 Å². The maximum atomic E-state index is 10.4. The lowest BCUT2D eigenvalue weighted by atomic mass is 10.1. The Hall–Kier alpha value is -1.20. The minimum absolute atomic E-state index is 0.253. The predicted octanol–water partition coefficient (Wildman–Crippen LogP) is 4.23. The summed E-state index contributed by atoms with van der Waals surface area (Å²) in [5.74, 6) is 0.0567. The van der Waals surface area contributed by atoms with E-state index in [1.54, 1.807) is 11.3 Å². The SMILES string of the molecule is Cc1cc2c(Cl)nc(CCCCCCC(=O)O)nc2s1. The van der Waals surface area contributed by atoms with Crippen LogP contribution in [0, 0.1) is 6.92 Å². The average Bonchev–Trinajstić information content (AvgIpc) is 2.74. The fourth-order valence-corrected chi connectivity index (χ4v) is 3.27. The van der Waals surface area contributed by atoms with Gasteiger partial charge in [-0.15, -0.1) is 11.3 Å². The van der Waals surface area contributed by atoms with Gasteiger partial charge >= 0.3 is 5.97 Å². The normalized spacial score (nSPS) is 11.1. The molecule has 0 atom stereocenters. The number of unbranched alkanes of at least 4 members (excludes halogenated alkanes) is 3. The summed E-state index contributed by atoms with van der Waals surface area (Å²) in [5.41, 5.74) is 0. The zero-order chi connectivity index (χ0) is 14.5. The number of aliphatic carboxylic acids is 1. The molecular weight excluding hydrogens is 296 g/mol. The molecule has 2 rings (SSSR count). The lowest BCUT2D eigenvalue weighted by Gasteiger charge is -2.02. The molecule has 0 spiro atoms. The highest BCUT2D eigenvalue weighted by Crippen LogP contribution is 2.28. The van der Waals surface area contributed by atoms with Crippen molar-refractivity contribution in [3.8, 4) is 0 Å². The summed E-state index contributed by atoms with van der Waals surface area (Å²) in [4.78, 5) is 21.4. The minimum atomic E-state index is -0.723. The molecule has 0 unspecified atom stereocenters. The quantitative estimate of drug-likeness (QED) is 0.614. The highest BCUT2D eigenvalue weighted by molar-refractivity contribution is 7.18. The fraction of sp³-hybridized carbons (Fsp3) is 0.500. The van der Waals surface area contributed by atoms with Gasteiger partial charge in [0.1, 0.15) is 15.8 Å². The molecule has 0 aromatic carbocycles. The van der Waals surface area contributed by atoms with Crippen molar-refractivity contribution in [3.05, 3.63) is 21.9 Å². The molecule has 0 aliphatic carbocycles. The lowest BCUT2D eigenvalue weighted by molar-refractivity contribution is -0.137. The third-order valence-electron chi connectivity index (χ3n) is 3.06. The summed E-state index contributed by atoms with van der Waals surface area (Å²) < 4.78 is 0. The Morgan fingerprint density at radius 3 is 2.80 bits per heavy atom. The van der Waals surface area contributed by atoms with Crippen molar-refractivity contribution in [2.24, 2.45) is 0 Å². The number of aryl methyl sites for hydroxylation is 2. The van der Waals surface area contributed by atoms with Crippen LogP contribution in [0.1, 0.15) is 42.8 Å². The van der Waals surface area contributed by atoms with E-state index >= 15 is 0 Å². The molecule has 1 N–H and O–H groups in total. The molecule has 4 nitrogen and oxygen atoms in total. The average molecular weight is 313 g/mol. The van der Waals surface area contributed by atoms with Crippen LogP contribution in [0.5, 0.6) is 0 Å². The lowest BCUT2D eigenvalue weighted by Crippen LogP contribution is -1.96. The number of fused-ring (bicyclic) bond motifs is 1. The van der Waals surface area contributed by atoms with Crippen molar-refractivity contribution in [2.45, 2.75) is 45.4 Å². The fourth-order valence-electron chi connectivity index (χ4n) is 2.07. The first-order valence-electron chi connectivity index (χ1n) is 6.70. The maximum absolute atomic E-state index is 10.4. The van der Waals surface area contributed by atoms with E-state index in [1.165, 1.54) is 4.88 Å². The second-order valence-corrected chi connectivity index (χ2v) is 6.41. The molecule has 0 fully saturated rings. The number of aromatic nitrogens is 2. The summed E-state index contributed by atoms with van der Waals surface area (Å²) in [6.07, 6.45) is 4.67. The number of hydrogen-bond acceptors (Lipinski definition) is 4.